The molecule has 0 bridgehead atoms. The van der Waals surface area contributed by atoms with Gasteiger partial charge in [-0.2, -0.15) is 5.10 Å². The molecule has 3 aromatic rings. The summed E-state index contributed by atoms with van der Waals surface area (Å²) in [6, 6.07) is 3.14. The molecule has 3 N–H and O–H groups in total. The van der Waals surface area contributed by atoms with Crippen molar-refractivity contribution in [2.45, 2.75) is 143 Å². The van der Waals surface area contributed by atoms with Crippen LogP contribution in [0.3, 0.4) is 0 Å². The number of esters is 1. The SMILES string of the molecule is CCCCCCCCCCCCCCCCOC(=O)CCC(=O)Nc1cc(Cl)c(-c2nn3nc(C(C)(C)C)c(Cl)c3[nH]2)c(NC(C)=O)c1. The zero-order chi connectivity index (χ0) is 35.1. The largest absolute Gasteiger partial charge is 0.466 e. The maximum Gasteiger partial charge on any atom is 0.306 e. The van der Waals surface area contributed by atoms with Gasteiger partial charge in [-0.05, 0) is 18.6 Å². The molecule has 0 fully saturated rings. The number of unbranched alkanes of at least 4 members (excludes halogenated alkanes) is 13. The van der Waals surface area contributed by atoms with Crippen LogP contribution in [0.1, 0.15) is 143 Å². The van der Waals surface area contributed by atoms with Crippen molar-refractivity contribution in [3.63, 3.8) is 0 Å². The van der Waals surface area contributed by atoms with Crippen LogP contribution in [0, 0.1) is 0 Å². The summed E-state index contributed by atoms with van der Waals surface area (Å²) in [5.74, 6) is -0.767. The zero-order valence-corrected chi connectivity index (χ0v) is 30.9. The van der Waals surface area contributed by atoms with Gasteiger partial charge in [-0.1, -0.05) is 134 Å². The van der Waals surface area contributed by atoms with Gasteiger partial charge in [-0.15, -0.1) is 9.73 Å². The van der Waals surface area contributed by atoms with Gasteiger partial charge in [0.05, 0.1) is 35.0 Å². The second-order valence-electron chi connectivity index (χ2n) is 13.7. The van der Waals surface area contributed by atoms with Crippen LogP contribution in [0.15, 0.2) is 12.1 Å². The van der Waals surface area contributed by atoms with E-state index in [1.165, 1.54) is 82.2 Å². The Labute approximate surface area is 295 Å². The van der Waals surface area contributed by atoms with E-state index in [2.05, 4.69) is 32.7 Å². The molecule has 2 heterocycles. The fourth-order valence-electron chi connectivity index (χ4n) is 5.59. The Morgan fingerprint density at radius 1 is 0.833 bits per heavy atom. The quantitative estimate of drug-likeness (QED) is 0.0747. The molecule has 2 amide bonds. The molecule has 0 aliphatic rings. The van der Waals surface area contributed by atoms with Crippen molar-refractivity contribution < 1.29 is 19.1 Å². The number of nitrogens with zero attached hydrogens (tertiary/aromatic N) is 3. The van der Waals surface area contributed by atoms with Gasteiger partial charge in [0.1, 0.15) is 5.02 Å². The Morgan fingerprint density at radius 2 is 1.42 bits per heavy atom. The third-order valence-electron chi connectivity index (χ3n) is 8.19. The molecule has 0 aliphatic carbocycles. The number of H-pyrrole nitrogens is 1. The molecule has 0 saturated heterocycles. The van der Waals surface area contributed by atoms with E-state index in [0.29, 0.717) is 45.7 Å². The van der Waals surface area contributed by atoms with Crippen LogP contribution in [0.4, 0.5) is 11.4 Å². The molecule has 12 heteroatoms. The van der Waals surface area contributed by atoms with Crippen LogP contribution in [-0.4, -0.2) is 44.2 Å². The number of fused-ring (bicyclic) bond motifs is 1. The van der Waals surface area contributed by atoms with E-state index >= 15 is 0 Å². The second kappa shape index (κ2) is 19.8. The number of ether oxygens (including phenoxy) is 1. The minimum atomic E-state index is -0.400. The molecule has 2 aromatic heterocycles. The van der Waals surface area contributed by atoms with E-state index in [0.717, 1.165) is 19.3 Å². The number of carbonyl (C=O) groups is 3. The van der Waals surface area contributed by atoms with Crippen LogP contribution < -0.4 is 10.6 Å². The van der Waals surface area contributed by atoms with E-state index in [4.69, 9.17) is 27.9 Å². The maximum atomic E-state index is 12.7. The summed E-state index contributed by atoms with van der Waals surface area (Å²) in [5.41, 5.74) is 2.01. The molecule has 1 aromatic carbocycles. The van der Waals surface area contributed by atoms with Crippen LogP contribution in [-0.2, 0) is 24.5 Å². The summed E-state index contributed by atoms with van der Waals surface area (Å²) in [7, 11) is 0. The van der Waals surface area contributed by atoms with Gasteiger partial charge in [0, 0.05) is 24.4 Å². The summed E-state index contributed by atoms with van der Waals surface area (Å²) < 4.78 is 6.74. The van der Waals surface area contributed by atoms with Gasteiger partial charge in [0.2, 0.25) is 11.8 Å². The van der Waals surface area contributed by atoms with Gasteiger partial charge in [-0.25, -0.2) is 0 Å². The average molecular weight is 706 g/mol. The first-order chi connectivity index (χ1) is 22.9. The number of nitrogens with one attached hydrogen (secondary N) is 3. The van der Waals surface area contributed by atoms with Crippen molar-refractivity contribution in [3.8, 4) is 11.4 Å². The summed E-state index contributed by atoms with van der Waals surface area (Å²) >= 11 is 13.2. The molecule has 0 saturated carbocycles. The Bertz CT molecular complexity index is 1490. The lowest BCUT2D eigenvalue weighted by atomic mass is 9.92. The summed E-state index contributed by atoms with van der Waals surface area (Å²) in [6.45, 7) is 10.0. The smallest absolute Gasteiger partial charge is 0.306 e. The number of benzene rings is 1. The minimum absolute atomic E-state index is 0.0295. The summed E-state index contributed by atoms with van der Waals surface area (Å²) in [6.07, 6.45) is 17.6. The van der Waals surface area contributed by atoms with Crippen molar-refractivity contribution in [1.29, 1.82) is 0 Å². The Morgan fingerprint density at radius 3 is 1.96 bits per heavy atom. The normalized spacial score (nSPS) is 11.6. The van der Waals surface area contributed by atoms with Gasteiger partial charge in [-0.3, -0.25) is 14.4 Å². The zero-order valence-electron chi connectivity index (χ0n) is 29.4. The van der Waals surface area contributed by atoms with Gasteiger partial charge in [0.15, 0.2) is 11.5 Å². The summed E-state index contributed by atoms with van der Waals surface area (Å²) in [4.78, 5) is 40.1. The highest BCUT2D eigenvalue weighted by Crippen LogP contribution is 2.38. The van der Waals surface area contributed by atoms with Crippen LogP contribution in [0.25, 0.3) is 17.0 Å². The Balaban J connectivity index is 1.39. The molecular formula is C36H54Cl2N6O4. The lowest BCUT2D eigenvalue weighted by Crippen LogP contribution is -2.15. The molecule has 3 rings (SSSR count). The molecule has 266 valence electrons. The lowest BCUT2D eigenvalue weighted by Gasteiger charge is -2.15. The number of amides is 2. The first-order valence-electron chi connectivity index (χ1n) is 17.6. The van der Waals surface area contributed by atoms with Crippen molar-refractivity contribution in [3.05, 3.63) is 27.9 Å². The van der Waals surface area contributed by atoms with Crippen LogP contribution in [0.2, 0.25) is 10.0 Å². The molecule has 0 spiro atoms. The predicted molar refractivity (Wildman–Crippen MR) is 195 cm³/mol. The molecule has 48 heavy (non-hydrogen) atoms. The third-order valence-corrected chi connectivity index (χ3v) is 8.85. The van der Waals surface area contributed by atoms with Crippen molar-refractivity contribution >= 4 is 58.0 Å². The van der Waals surface area contributed by atoms with Gasteiger partial charge in [0.25, 0.3) is 0 Å². The molecular weight excluding hydrogens is 651 g/mol. The standard InChI is InChI=1S/C36H54Cl2N6O4/c1-6-7-8-9-10-11-12-13-14-15-16-17-18-19-22-48-30(47)21-20-29(46)40-26-23-27(37)31(28(24-26)39-25(2)45)34-41-35-32(38)33(36(3,4)5)42-44(35)43-34/h23-24H,6-22H2,1-5H3,(H,39,45)(H,40,46)(H,41,43). The predicted octanol–water partition coefficient (Wildman–Crippen LogP) is 10.0. The number of hydrogen-bond donors (Lipinski definition) is 3. The fourth-order valence-corrected chi connectivity index (χ4v) is 6.34. The Kier molecular flexibility index (Phi) is 16.2. The second-order valence-corrected chi connectivity index (χ2v) is 14.4. The monoisotopic (exact) mass is 704 g/mol. The molecule has 0 radical (unpaired) electrons. The first kappa shape index (κ1) is 39.3. The number of aromatic amines is 1. The summed E-state index contributed by atoms with van der Waals surface area (Å²) in [5, 5.41) is 15.2. The number of carbonyl (C=O) groups excluding carboxylic acids is 3. The lowest BCUT2D eigenvalue weighted by molar-refractivity contribution is -0.144. The number of anilines is 2. The topological polar surface area (TPSA) is 130 Å². The third kappa shape index (κ3) is 12.7. The van der Waals surface area contributed by atoms with Gasteiger partial charge >= 0.3 is 5.97 Å². The highest BCUT2D eigenvalue weighted by Gasteiger charge is 2.26. The van der Waals surface area contributed by atoms with Gasteiger partial charge < -0.3 is 20.4 Å². The first-order valence-corrected chi connectivity index (χ1v) is 18.4. The molecule has 0 atom stereocenters. The van der Waals surface area contributed by atoms with E-state index in [1.54, 1.807) is 12.1 Å². The van der Waals surface area contributed by atoms with E-state index in [-0.39, 0.29) is 35.1 Å². The van der Waals surface area contributed by atoms with E-state index in [1.807, 2.05) is 20.8 Å². The number of rotatable bonds is 21. The van der Waals surface area contributed by atoms with Crippen molar-refractivity contribution in [1.82, 2.24) is 19.8 Å². The van der Waals surface area contributed by atoms with Crippen molar-refractivity contribution in [2.24, 2.45) is 0 Å². The number of aromatic nitrogens is 4. The number of hydrogen-bond acceptors (Lipinski definition) is 6. The van der Waals surface area contributed by atoms with Crippen molar-refractivity contribution in [2.75, 3.05) is 17.2 Å². The fraction of sp³-hybridized carbons (Fsp3) is 0.639. The molecule has 0 unspecified atom stereocenters. The molecule has 10 nitrogen and oxygen atoms in total. The van der Waals surface area contributed by atoms with Crippen LogP contribution in [0.5, 0.6) is 0 Å². The van der Waals surface area contributed by atoms with E-state index < -0.39 is 5.97 Å². The highest BCUT2D eigenvalue weighted by atomic mass is 35.5. The minimum Gasteiger partial charge on any atom is -0.466 e. The average Bonchev–Trinajstić information content (AvgIpc) is 3.56. The Hall–Kier alpha value is -3.11. The van der Waals surface area contributed by atoms with Crippen LogP contribution >= 0.6 is 23.2 Å². The van der Waals surface area contributed by atoms with E-state index in [9.17, 15) is 14.4 Å². The maximum absolute atomic E-state index is 12.7. The highest BCUT2D eigenvalue weighted by molar-refractivity contribution is 6.35. The number of halogens is 2. The molecule has 0 aliphatic heterocycles.